The van der Waals surface area contributed by atoms with Crippen LogP contribution < -0.4 is 9.47 Å². The van der Waals surface area contributed by atoms with Gasteiger partial charge in [-0.1, -0.05) is 12.1 Å². The second kappa shape index (κ2) is 7.06. The van der Waals surface area contributed by atoms with Gasteiger partial charge in [0.1, 0.15) is 27.4 Å². The van der Waals surface area contributed by atoms with E-state index in [4.69, 9.17) is 9.47 Å². The zero-order valence-electron chi connectivity index (χ0n) is 15.0. The summed E-state index contributed by atoms with van der Waals surface area (Å²) in [5.41, 5.74) is 1.86. The maximum Gasteiger partial charge on any atom is 0.245 e. The van der Waals surface area contributed by atoms with Gasteiger partial charge in [0, 0.05) is 18.2 Å². The molecule has 2 aromatic carbocycles. The highest BCUT2D eigenvalue weighted by molar-refractivity contribution is 7.89. The summed E-state index contributed by atoms with van der Waals surface area (Å²) in [6.45, 7) is 0.455. The highest BCUT2D eigenvalue weighted by atomic mass is 32.2. The van der Waals surface area contributed by atoms with Gasteiger partial charge in [0.25, 0.3) is 0 Å². The first kappa shape index (κ1) is 18.1. The van der Waals surface area contributed by atoms with Crippen LogP contribution in [0.25, 0.3) is 11.0 Å². The van der Waals surface area contributed by atoms with Crippen molar-refractivity contribution >= 4 is 32.8 Å². The highest BCUT2D eigenvalue weighted by Gasteiger charge is 2.38. The van der Waals surface area contributed by atoms with E-state index in [2.05, 4.69) is 8.75 Å². The molecule has 1 aliphatic rings. The second-order valence-corrected chi connectivity index (χ2v) is 8.66. The molecular weight excluding hydrogens is 386 g/mol. The van der Waals surface area contributed by atoms with Crippen LogP contribution in [0.4, 0.5) is 0 Å². The second-order valence-electron chi connectivity index (χ2n) is 6.27. The summed E-state index contributed by atoms with van der Waals surface area (Å²) in [7, 11) is -0.559. The molecule has 1 unspecified atom stereocenters. The number of sulfonamides is 1. The molecule has 0 bridgehead atoms. The minimum absolute atomic E-state index is 0.202. The largest absolute Gasteiger partial charge is 0.497 e. The average Bonchev–Trinajstić information content (AvgIpc) is 3.36. The molecular formula is C18H19N3O4S2. The van der Waals surface area contributed by atoms with Crippen LogP contribution in [0.1, 0.15) is 24.4 Å². The topological polar surface area (TPSA) is 81.6 Å². The number of fused-ring (bicyclic) bond motifs is 1. The third-order valence-corrected chi connectivity index (χ3v) is 7.32. The molecule has 4 rings (SSSR count). The molecule has 142 valence electrons. The van der Waals surface area contributed by atoms with E-state index in [1.807, 2.05) is 12.1 Å². The van der Waals surface area contributed by atoms with Gasteiger partial charge in [0.05, 0.1) is 32.0 Å². The number of aromatic nitrogens is 2. The number of hydrogen-bond donors (Lipinski definition) is 0. The molecule has 27 heavy (non-hydrogen) atoms. The normalized spacial score (nSPS) is 18.1. The van der Waals surface area contributed by atoms with Gasteiger partial charge in [-0.3, -0.25) is 0 Å². The van der Waals surface area contributed by atoms with Crippen molar-refractivity contribution in [2.45, 2.75) is 23.8 Å². The average molecular weight is 406 g/mol. The van der Waals surface area contributed by atoms with Crippen molar-refractivity contribution in [1.82, 2.24) is 13.1 Å². The first-order valence-electron chi connectivity index (χ1n) is 8.51. The summed E-state index contributed by atoms with van der Waals surface area (Å²) in [6.07, 6.45) is 1.51. The fourth-order valence-electron chi connectivity index (χ4n) is 3.55. The molecule has 0 amide bonds. The summed E-state index contributed by atoms with van der Waals surface area (Å²) in [5, 5.41) is 0. The van der Waals surface area contributed by atoms with Crippen LogP contribution in [0.2, 0.25) is 0 Å². The number of rotatable bonds is 5. The van der Waals surface area contributed by atoms with E-state index in [1.165, 1.54) is 0 Å². The Morgan fingerprint density at radius 3 is 2.78 bits per heavy atom. The van der Waals surface area contributed by atoms with Gasteiger partial charge in [-0.05, 0) is 31.0 Å². The van der Waals surface area contributed by atoms with Crippen LogP contribution in [-0.4, -0.2) is 42.2 Å². The Hall–Kier alpha value is -2.23. The molecule has 0 aliphatic carbocycles. The Labute approximate surface area is 161 Å². The van der Waals surface area contributed by atoms with Crippen molar-refractivity contribution < 1.29 is 17.9 Å². The van der Waals surface area contributed by atoms with E-state index >= 15 is 0 Å². The van der Waals surface area contributed by atoms with Gasteiger partial charge in [-0.15, -0.1) is 0 Å². The summed E-state index contributed by atoms with van der Waals surface area (Å²) >= 11 is 1.02. The third-order valence-electron chi connectivity index (χ3n) is 4.84. The molecule has 1 fully saturated rings. The zero-order valence-corrected chi connectivity index (χ0v) is 16.6. The van der Waals surface area contributed by atoms with E-state index in [9.17, 15) is 8.42 Å². The van der Waals surface area contributed by atoms with Gasteiger partial charge < -0.3 is 9.47 Å². The zero-order chi connectivity index (χ0) is 19.0. The number of hydrogen-bond acceptors (Lipinski definition) is 7. The number of methoxy groups -OCH3 is 2. The van der Waals surface area contributed by atoms with Crippen molar-refractivity contribution in [3.63, 3.8) is 0 Å². The van der Waals surface area contributed by atoms with Crippen LogP contribution in [0.5, 0.6) is 11.5 Å². The summed E-state index contributed by atoms with van der Waals surface area (Å²) in [6, 6.07) is 10.3. The Morgan fingerprint density at radius 1 is 1.15 bits per heavy atom. The van der Waals surface area contributed by atoms with Gasteiger partial charge in [0.15, 0.2) is 0 Å². The molecule has 7 nitrogen and oxygen atoms in total. The van der Waals surface area contributed by atoms with E-state index in [1.54, 1.807) is 42.8 Å². The van der Waals surface area contributed by atoms with Gasteiger partial charge in [-0.2, -0.15) is 13.1 Å². The van der Waals surface area contributed by atoms with Crippen LogP contribution >= 0.6 is 11.7 Å². The molecule has 2 heterocycles. The lowest BCUT2D eigenvalue weighted by Crippen LogP contribution is -2.31. The molecule has 1 aliphatic heterocycles. The van der Waals surface area contributed by atoms with E-state index in [-0.39, 0.29) is 10.9 Å². The van der Waals surface area contributed by atoms with Crippen molar-refractivity contribution in [3.8, 4) is 11.5 Å². The molecule has 1 atom stereocenters. The van der Waals surface area contributed by atoms with Crippen LogP contribution in [0, 0.1) is 0 Å². The first-order chi connectivity index (χ1) is 13.1. The molecule has 1 saturated heterocycles. The summed E-state index contributed by atoms with van der Waals surface area (Å²) in [4.78, 5) is 0.202. The molecule has 0 saturated carbocycles. The summed E-state index contributed by atoms with van der Waals surface area (Å²) in [5.74, 6) is 1.29. The van der Waals surface area contributed by atoms with E-state index < -0.39 is 10.0 Å². The van der Waals surface area contributed by atoms with Crippen LogP contribution in [0.3, 0.4) is 0 Å². The van der Waals surface area contributed by atoms with Crippen molar-refractivity contribution in [2.24, 2.45) is 0 Å². The Kier molecular flexibility index (Phi) is 4.75. The maximum atomic E-state index is 13.5. The van der Waals surface area contributed by atoms with Crippen molar-refractivity contribution in [1.29, 1.82) is 0 Å². The minimum Gasteiger partial charge on any atom is -0.497 e. The number of ether oxygens (including phenoxy) is 2. The number of benzene rings is 2. The lowest BCUT2D eigenvalue weighted by Gasteiger charge is -2.26. The third kappa shape index (κ3) is 3.05. The molecule has 0 spiro atoms. The molecule has 3 aromatic rings. The Balaban J connectivity index is 1.78. The standard InChI is InChI=1S/C18H19N3O4S2/c1-24-12-8-9-13(16(11-12)25-2)15-6-4-10-21(15)27(22,23)17-7-3-5-14-18(17)20-26-19-14/h3,5,7-9,11,15H,4,6,10H2,1-2H3. The fourth-order valence-corrected chi connectivity index (χ4v) is 5.98. The smallest absolute Gasteiger partial charge is 0.245 e. The van der Waals surface area contributed by atoms with E-state index in [0.29, 0.717) is 29.1 Å². The lowest BCUT2D eigenvalue weighted by atomic mass is 10.0. The molecule has 0 N–H and O–H groups in total. The predicted octanol–water partition coefficient (Wildman–Crippen LogP) is 3.23. The molecule has 1 aromatic heterocycles. The van der Waals surface area contributed by atoms with Crippen LogP contribution in [0.15, 0.2) is 41.3 Å². The molecule has 0 radical (unpaired) electrons. The predicted molar refractivity (Wildman–Crippen MR) is 103 cm³/mol. The first-order valence-corrected chi connectivity index (χ1v) is 10.7. The molecule has 9 heteroatoms. The quantitative estimate of drug-likeness (QED) is 0.648. The fraction of sp³-hybridized carbons (Fsp3) is 0.333. The Morgan fingerprint density at radius 2 is 2.00 bits per heavy atom. The van der Waals surface area contributed by atoms with Gasteiger partial charge in [0.2, 0.25) is 10.0 Å². The van der Waals surface area contributed by atoms with Gasteiger partial charge >= 0.3 is 0 Å². The Bertz CT molecular complexity index is 1080. The number of nitrogens with zero attached hydrogens (tertiary/aromatic N) is 3. The van der Waals surface area contributed by atoms with E-state index in [0.717, 1.165) is 30.1 Å². The van der Waals surface area contributed by atoms with Crippen LogP contribution in [-0.2, 0) is 10.0 Å². The highest BCUT2D eigenvalue weighted by Crippen LogP contribution is 2.42. The van der Waals surface area contributed by atoms with Crippen molar-refractivity contribution in [3.05, 3.63) is 42.0 Å². The lowest BCUT2D eigenvalue weighted by molar-refractivity contribution is 0.361. The monoisotopic (exact) mass is 405 g/mol. The maximum absolute atomic E-state index is 13.5. The SMILES string of the molecule is COc1ccc(C2CCCN2S(=O)(=O)c2cccc3nsnc23)c(OC)c1. The van der Waals surface area contributed by atoms with Crippen molar-refractivity contribution in [2.75, 3.05) is 20.8 Å². The van der Waals surface area contributed by atoms with Gasteiger partial charge in [-0.25, -0.2) is 8.42 Å². The summed E-state index contributed by atoms with van der Waals surface area (Å²) < 4.78 is 47.6. The minimum atomic E-state index is -3.72.